The van der Waals surface area contributed by atoms with Crippen LogP contribution < -0.4 is 5.32 Å². The molecule has 2 rings (SSSR count). The molecule has 1 aromatic rings. The normalized spacial score (nSPS) is 19.9. The lowest BCUT2D eigenvalue weighted by Gasteiger charge is -2.29. The average Bonchev–Trinajstić information content (AvgIpc) is 2.81. The number of aryl methyl sites for hydroxylation is 1. The molecule has 1 aromatic carbocycles. The zero-order valence-electron chi connectivity index (χ0n) is 11.9. The van der Waals surface area contributed by atoms with Crippen LogP contribution in [-0.4, -0.2) is 30.1 Å². The van der Waals surface area contributed by atoms with Crippen LogP contribution in [0.1, 0.15) is 37.8 Å². The Balaban J connectivity index is 1.97. The number of benzene rings is 1. The highest BCUT2D eigenvalue weighted by molar-refractivity contribution is 5.22. The van der Waals surface area contributed by atoms with E-state index in [1.807, 2.05) is 0 Å². The fraction of sp³-hybridized carbons (Fsp3) is 0.625. The number of rotatable bonds is 5. The summed E-state index contributed by atoms with van der Waals surface area (Å²) in [5, 5.41) is 3.60. The molecule has 0 spiro atoms. The van der Waals surface area contributed by atoms with Crippen LogP contribution in [0.2, 0.25) is 0 Å². The number of nitrogens with zero attached hydrogens (tertiary/aromatic N) is 1. The Morgan fingerprint density at radius 2 is 2.22 bits per heavy atom. The second-order valence-corrected chi connectivity index (χ2v) is 5.81. The van der Waals surface area contributed by atoms with E-state index in [-0.39, 0.29) is 0 Å². The first kappa shape index (κ1) is 13.6. The van der Waals surface area contributed by atoms with Crippen LogP contribution in [0, 0.1) is 6.92 Å². The van der Waals surface area contributed by atoms with Crippen molar-refractivity contribution in [2.24, 2.45) is 0 Å². The summed E-state index contributed by atoms with van der Waals surface area (Å²) in [6.07, 6.45) is 2.66. The Hall–Kier alpha value is -0.860. The van der Waals surface area contributed by atoms with Crippen molar-refractivity contribution in [1.82, 2.24) is 10.2 Å². The maximum absolute atomic E-state index is 3.60. The van der Waals surface area contributed by atoms with Gasteiger partial charge in [0.15, 0.2) is 0 Å². The minimum Gasteiger partial charge on any atom is -0.313 e. The van der Waals surface area contributed by atoms with Crippen molar-refractivity contribution >= 4 is 0 Å². The van der Waals surface area contributed by atoms with Crippen molar-refractivity contribution in [2.75, 3.05) is 13.1 Å². The molecule has 0 aromatic heterocycles. The Morgan fingerprint density at radius 3 is 2.83 bits per heavy atom. The molecule has 1 unspecified atom stereocenters. The molecule has 1 saturated heterocycles. The zero-order valence-corrected chi connectivity index (χ0v) is 11.9. The van der Waals surface area contributed by atoms with Crippen molar-refractivity contribution in [3.63, 3.8) is 0 Å². The van der Waals surface area contributed by atoms with Gasteiger partial charge in [0.1, 0.15) is 0 Å². The van der Waals surface area contributed by atoms with E-state index in [0.717, 1.165) is 6.54 Å². The summed E-state index contributed by atoms with van der Waals surface area (Å²) >= 11 is 0. The van der Waals surface area contributed by atoms with Gasteiger partial charge in [0.05, 0.1) is 0 Å². The summed E-state index contributed by atoms with van der Waals surface area (Å²) in [6.45, 7) is 10.2. The van der Waals surface area contributed by atoms with E-state index in [0.29, 0.717) is 12.1 Å². The predicted molar refractivity (Wildman–Crippen MR) is 77.7 cm³/mol. The van der Waals surface area contributed by atoms with Crippen molar-refractivity contribution < 1.29 is 0 Å². The van der Waals surface area contributed by atoms with Crippen molar-refractivity contribution in [3.8, 4) is 0 Å². The van der Waals surface area contributed by atoms with Gasteiger partial charge in [-0.25, -0.2) is 0 Å². The number of nitrogens with one attached hydrogen (secondary N) is 1. The fourth-order valence-corrected chi connectivity index (χ4v) is 2.70. The quantitative estimate of drug-likeness (QED) is 0.859. The molecule has 0 radical (unpaired) electrons. The van der Waals surface area contributed by atoms with Gasteiger partial charge >= 0.3 is 0 Å². The van der Waals surface area contributed by atoms with Crippen LogP contribution >= 0.6 is 0 Å². The van der Waals surface area contributed by atoms with Crippen molar-refractivity contribution in [1.29, 1.82) is 0 Å². The molecular formula is C16H26N2. The highest BCUT2D eigenvalue weighted by Gasteiger charge is 2.19. The molecule has 2 nitrogen and oxygen atoms in total. The minimum absolute atomic E-state index is 0.605. The SMILES string of the molecule is Cc1cccc(CN(CC2CCCN2)C(C)C)c1. The highest BCUT2D eigenvalue weighted by atomic mass is 15.2. The fourth-order valence-electron chi connectivity index (χ4n) is 2.70. The van der Waals surface area contributed by atoms with Gasteiger partial charge < -0.3 is 5.32 Å². The lowest BCUT2D eigenvalue weighted by Crippen LogP contribution is -2.40. The van der Waals surface area contributed by atoms with Crippen LogP contribution in [0.15, 0.2) is 24.3 Å². The minimum atomic E-state index is 0.605. The molecule has 1 heterocycles. The average molecular weight is 246 g/mol. The zero-order chi connectivity index (χ0) is 13.0. The third kappa shape index (κ3) is 3.82. The predicted octanol–water partition coefficient (Wildman–Crippen LogP) is 2.96. The lowest BCUT2D eigenvalue weighted by atomic mass is 10.1. The molecule has 1 N–H and O–H groups in total. The van der Waals surface area contributed by atoms with Crippen LogP contribution in [0.3, 0.4) is 0 Å². The van der Waals surface area contributed by atoms with Crippen LogP contribution in [0.5, 0.6) is 0 Å². The van der Waals surface area contributed by atoms with E-state index in [9.17, 15) is 0 Å². The highest BCUT2D eigenvalue weighted by Crippen LogP contribution is 2.14. The van der Waals surface area contributed by atoms with Crippen molar-refractivity contribution in [3.05, 3.63) is 35.4 Å². The molecule has 0 saturated carbocycles. The van der Waals surface area contributed by atoms with E-state index < -0.39 is 0 Å². The van der Waals surface area contributed by atoms with Gasteiger partial charge in [0.2, 0.25) is 0 Å². The number of hydrogen-bond acceptors (Lipinski definition) is 2. The molecule has 1 fully saturated rings. The van der Waals surface area contributed by atoms with E-state index >= 15 is 0 Å². The third-order valence-electron chi connectivity index (χ3n) is 3.82. The Kier molecular flexibility index (Phi) is 4.79. The molecule has 1 atom stereocenters. The first-order valence-electron chi connectivity index (χ1n) is 7.18. The maximum Gasteiger partial charge on any atom is 0.0237 e. The second kappa shape index (κ2) is 6.35. The summed E-state index contributed by atoms with van der Waals surface area (Å²) in [4.78, 5) is 2.58. The molecule has 100 valence electrons. The monoisotopic (exact) mass is 246 g/mol. The second-order valence-electron chi connectivity index (χ2n) is 5.81. The van der Waals surface area contributed by atoms with E-state index in [1.165, 1.54) is 37.1 Å². The largest absolute Gasteiger partial charge is 0.313 e. The van der Waals surface area contributed by atoms with Crippen molar-refractivity contribution in [2.45, 2.75) is 52.2 Å². The van der Waals surface area contributed by atoms with E-state index in [2.05, 4.69) is 55.3 Å². The standard InChI is InChI=1S/C16H26N2/c1-13(2)18(12-16-8-5-9-17-16)11-15-7-4-6-14(3)10-15/h4,6-7,10,13,16-17H,5,8-9,11-12H2,1-3H3. The molecule has 2 heteroatoms. The summed E-state index contributed by atoms with van der Waals surface area (Å²) < 4.78 is 0. The number of hydrogen-bond donors (Lipinski definition) is 1. The first-order valence-corrected chi connectivity index (χ1v) is 7.18. The van der Waals surface area contributed by atoms with E-state index in [4.69, 9.17) is 0 Å². The van der Waals surface area contributed by atoms with Gasteiger partial charge in [-0.3, -0.25) is 4.90 Å². The molecule has 0 aliphatic carbocycles. The molecule has 0 bridgehead atoms. The Labute approximate surface area is 111 Å². The van der Waals surface area contributed by atoms with Gasteiger partial charge in [0.25, 0.3) is 0 Å². The Morgan fingerprint density at radius 1 is 1.39 bits per heavy atom. The van der Waals surface area contributed by atoms with Crippen LogP contribution in [0.25, 0.3) is 0 Å². The topological polar surface area (TPSA) is 15.3 Å². The summed E-state index contributed by atoms with van der Waals surface area (Å²) in [5.74, 6) is 0. The van der Waals surface area contributed by atoms with Gasteiger partial charge in [-0.1, -0.05) is 29.8 Å². The van der Waals surface area contributed by atoms with Gasteiger partial charge in [-0.15, -0.1) is 0 Å². The molecule has 18 heavy (non-hydrogen) atoms. The van der Waals surface area contributed by atoms with Gasteiger partial charge in [-0.2, -0.15) is 0 Å². The van der Waals surface area contributed by atoms with Gasteiger partial charge in [-0.05, 0) is 45.7 Å². The van der Waals surface area contributed by atoms with Crippen LogP contribution in [0.4, 0.5) is 0 Å². The molecule has 0 amide bonds. The maximum atomic E-state index is 3.60. The van der Waals surface area contributed by atoms with E-state index in [1.54, 1.807) is 0 Å². The summed E-state index contributed by atoms with van der Waals surface area (Å²) in [7, 11) is 0. The van der Waals surface area contributed by atoms with Gasteiger partial charge in [0, 0.05) is 25.2 Å². The molecule has 1 aliphatic rings. The lowest BCUT2D eigenvalue weighted by molar-refractivity contribution is 0.194. The Bertz CT molecular complexity index is 367. The first-order chi connectivity index (χ1) is 8.65. The molecule has 1 aliphatic heterocycles. The summed E-state index contributed by atoms with van der Waals surface area (Å²) in [5.41, 5.74) is 2.79. The molecular weight excluding hydrogens is 220 g/mol. The van der Waals surface area contributed by atoms with Crippen LogP contribution in [-0.2, 0) is 6.54 Å². The smallest absolute Gasteiger partial charge is 0.0237 e. The third-order valence-corrected chi connectivity index (χ3v) is 3.82. The summed E-state index contributed by atoms with van der Waals surface area (Å²) in [6, 6.07) is 10.2.